The second-order valence-electron chi connectivity index (χ2n) is 9.65. The summed E-state index contributed by atoms with van der Waals surface area (Å²) in [6.45, 7) is 8.55. The van der Waals surface area contributed by atoms with E-state index in [1.54, 1.807) is 19.1 Å². The van der Waals surface area contributed by atoms with Crippen molar-refractivity contribution in [2.45, 2.75) is 58.1 Å². The fourth-order valence-electron chi connectivity index (χ4n) is 3.97. The van der Waals surface area contributed by atoms with Crippen molar-refractivity contribution in [3.63, 3.8) is 0 Å². The number of hydrogen-bond acceptors (Lipinski definition) is 4. The summed E-state index contributed by atoms with van der Waals surface area (Å²) >= 11 is 0. The van der Waals surface area contributed by atoms with E-state index in [0.717, 1.165) is 33.1 Å². The molecular formula is C29H34FN3O4S. The Kier molecular flexibility index (Phi) is 9.27. The van der Waals surface area contributed by atoms with Gasteiger partial charge in [0.15, 0.2) is 0 Å². The number of halogens is 1. The minimum atomic E-state index is -4.19. The Bertz CT molecular complexity index is 1370. The van der Waals surface area contributed by atoms with Gasteiger partial charge in [-0.3, -0.25) is 13.9 Å². The summed E-state index contributed by atoms with van der Waals surface area (Å²) in [6, 6.07) is 17.7. The van der Waals surface area contributed by atoms with Gasteiger partial charge >= 0.3 is 0 Å². The fourth-order valence-corrected chi connectivity index (χ4v) is 5.38. The number of hydrogen-bond donors (Lipinski definition) is 1. The standard InChI is InChI=1S/C29H34FN3O4S/c1-20(2)31-29(35)23(5)32(18-24-8-6-7-22(4)17-24)28(34)19-33(26-13-11-25(30)12-14-26)38(36,37)27-15-9-21(3)10-16-27/h6-17,20,23H,18-19H2,1-5H3,(H,31,35)/t23-/m0/s1. The zero-order valence-corrected chi connectivity index (χ0v) is 23.1. The molecule has 0 bridgehead atoms. The zero-order chi connectivity index (χ0) is 28.0. The lowest BCUT2D eigenvalue weighted by Gasteiger charge is -2.32. The summed E-state index contributed by atoms with van der Waals surface area (Å²) in [5.41, 5.74) is 2.80. The predicted molar refractivity (Wildman–Crippen MR) is 147 cm³/mol. The Hall–Kier alpha value is -3.72. The van der Waals surface area contributed by atoms with E-state index in [1.165, 1.54) is 29.2 Å². The molecule has 0 aliphatic rings. The molecule has 3 aromatic carbocycles. The molecule has 0 radical (unpaired) electrons. The van der Waals surface area contributed by atoms with E-state index in [-0.39, 0.29) is 29.1 Å². The predicted octanol–water partition coefficient (Wildman–Crippen LogP) is 4.58. The summed E-state index contributed by atoms with van der Waals surface area (Å²) in [5, 5.41) is 2.82. The van der Waals surface area contributed by atoms with Crippen LogP contribution in [0.1, 0.15) is 37.5 Å². The molecule has 1 N–H and O–H groups in total. The molecule has 3 aromatic rings. The minimum absolute atomic E-state index is 0.00365. The molecule has 1 atom stereocenters. The number of sulfonamides is 1. The van der Waals surface area contributed by atoms with Gasteiger partial charge in [-0.05, 0) is 76.6 Å². The van der Waals surface area contributed by atoms with E-state index in [4.69, 9.17) is 0 Å². The van der Waals surface area contributed by atoms with Crippen LogP contribution in [0.25, 0.3) is 0 Å². The van der Waals surface area contributed by atoms with Gasteiger partial charge < -0.3 is 10.2 Å². The maximum absolute atomic E-state index is 13.8. The van der Waals surface area contributed by atoms with Gasteiger partial charge in [0.2, 0.25) is 11.8 Å². The van der Waals surface area contributed by atoms with Crippen molar-refractivity contribution in [2.75, 3.05) is 10.8 Å². The monoisotopic (exact) mass is 539 g/mol. The van der Waals surface area contributed by atoms with Crippen LogP contribution < -0.4 is 9.62 Å². The average molecular weight is 540 g/mol. The lowest BCUT2D eigenvalue weighted by Crippen LogP contribution is -2.52. The summed E-state index contributed by atoms with van der Waals surface area (Å²) in [4.78, 5) is 28.1. The Morgan fingerprint density at radius 2 is 1.53 bits per heavy atom. The van der Waals surface area contributed by atoms with E-state index in [2.05, 4.69) is 5.32 Å². The Morgan fingerprint density at radius 3 is 2.11 bits per heavy atom. The van der Waals surface area contributed by atoms with Crippen LogP contribution in [-0.4, -0.2) is 43.8 Å². The van der Waals surface area contributed by atoms with E-state index in [0.29, 0.717) is 0 Å². The normalized spacial score (nSPS) is 12.2. The quantitative estimate of drug-likeness (QED) is 0.409. The molecule has 0 heterocycles. The lowest BCUT2D eigenvalue weighted by molar-refractivity contribution is -0.139. The molecule has 0 aromatic heterocycles. The van der Waals surface area contributed by atoms with Crippen LogP contribution >= 0.6 is 0 Å². The number of anilines is 1. The van der Waals surface area contributed by atoms with E-state index in [9.17, 15) is 22.4 Å². The van der Waals surface area contributed by atoms with E-state index in [1.807, 2.05) is 52.0 Å². The van der Waals surface area contributed by atoms with Gasteiger partial charge in [0.05, 0.1) is 10.6 Å². The van der Waals surface area contributed by atoms with Crippen molar-refractivity contribution in [1.82, 2.24) is 10.2 Å². The Balaban J connectivity index is 2.02. The third kappa shape index (κ3) is 7.19. The molecule has 0 spiro atoms. The average Bonchev–Trinajstić information content (AvgIpc) is 2.86. The number of carbonyl (C=O) groups is 2. The van der Waals surface area contributed by atoms with E-state index < -0.39 is 34.3 Å². The first-order chi connectivity index (χ1) is 17.9. The van der Waals surface area contributed by atoms with Gasteiger partial charge in [-0.2, -0.15) is 0 Å². The van der Waals surface area contributed by atoms with Crippen LogP contribution in [0.2, 0.25) is 0 Å². The second kappa shape index (κ2) is 12.2. The first kappa shape index (κ1) is 28.8. The molecule has 0 unspecified atom stereocenters. The molecule has 202 valence electrons. The van der Waals surface area contributed by atoms with Crippen molar-refractivity contribution in [3.05, 3.63) is 95.3 Å². The highest BCUT2D eigenvalue weighted by molar-refractivity contribution is 7.92. The van der Waals surface area contributed by atoms with Gasteiger partial charge in [-0.1, -0.05) is 47.5 Å². The zero-order valence-electron chi connectivity index (χ0n) is 22.3. The molecule has 2 amide bonds. The molecule has 0 fully saturated rings. The lowest BCUT2D eigenvalue weighted by atomic mass is 10.1. The fraction of sp³-hybridized carbons (Fsp3) is 0.310. The second-order valence-corrected chi connectivity index (χ2v) is 11.5. The largest absolute Gasteiger partial charge is 0.352 e. The highest BCUT2D eigenvalue weighted by Crippen LogP contribution is 2.25. The maximum atomic E-state index is 13.8. The smallest absolute Gasteiger partial charge is 0.264 e. The van der Waals surface area contributed by atoms with Crippen molar-refractivity contribution in [3.8, 4) is 0 Å². The van der Waals surface area contributed by atoms with Crippen LogP contribution in [0.5, 0.6) is 0 Å². The topological polar surface area (TPSA) is 86.8 Å². The first-order valence-corrected chi connectivity index (χ1v) is 13.8. The Morgan fingerprint density at radius 1 is 0.895 bits per heavy atom. The first-order valence-electron chi connectivity index (χ1n) is 12.4. The SMILES string of the molecule is Cc1ccc(S(=O)(=O)N(CC(=O)N(Cc2cccc(C)c2)[C@@H](C)C(=O)NC(C)C)c2ccc(F)cc2)cc1. The van der Waals surface area contributed by atoms with Crippen LogP contribution in [0.3, 0.4) is 0 Å². The summed E-state index contributed by atoms with van der Waals surface area (Å²) < 4.78 is 42.1. The minimum Gasteiger partial charge on any atom is -0.352 e. The van der Waals surface area contributed by atoms with Gasteiger partial charge in [-0.25, -0.2) is 12.8 Å². The highest BCUT2D eigenvalue weighted by Gasteiger charge is 2.32. The van der Waals surface area contributed by atoms with Crippen LogP contribution in [-0.2, 0) is 26.2 Å². The number of aryl methyl sites for hydroxylation is 2. The maximum Gasteiger partial charge on any atom is 0.264 e. The van der Waals surface area contributed by atoms with Crippen molar-refractivity contribution in [1.29, 1.82) is 0 Å². The molecule has 7 nitrogen and oxygen atoms in total. The van der Waals surface area contributed by atoms with E-state index >= 15 is 0 Å². The van der Waals surface area contributed by atoms with Gasteiger partial charge in [-0.15, -0.1) is 0 Å². The molecule has 3 rings (SSSR count). The third-order valence-electron chi connectivity index (χ3n) is 6.04. The van der Waals surface area contributed by atoms with Gasteiger partial charge in [0.25, 0.3) is 10.0 Å². The van der Waals surface area contributed by atoms with Crippen molar-refractivity contribution >= 4 is 27.5 Å². The Labute approximate surface area is 224 Å². The molecule has 0 aliphatic heterocycles. The molecular weight excluding hydrogens is 505 g/mol. The summed E-state index contributed by atoms with van der Waals surface area (Å²) in [5.74, 6) is -1.46. The molecule has 0 aliphatic carbocycles. The van der Waals surface area contributed by atoms with Gasteiger partial charge in [0.1, 0.15) is 18.4 Å². The van der Waals surface area contributed by atoms with Crippen LogP contribution in [0.15, 0.2) is 77.7 Å². The summed E-state index contributed by atoms with van der Waals surface area (Å²) in [7, 11) is -4.19. The molecule has 0 saturated carbocycles. The van der Waals surface area contributed by atoms with Crippen molar-refractivity contribution < 1.29 is 22.4 Å². The molecule has 38 heavy (non-hydrogen) atoms. The number of amides is 2. The number of benzene rings is 3. The highest BCUT2D eigenvalue weighted by atomic mass is 32.2. The van der Waals surface area contributed by atoms with Crippen LogP contribution in [0, 0.1) is 19.7 Å². The number of rotatable bonds is 10. The number of carbonyl (C=O) groups excluding carboxylic acids is 2. The molecule has 0 saturated heterocycles. The number of nitrogens with zero attached hydrogens (tertiary/aromatic N) is 2. The number of nitrogens with one attached hydrogen (secondary N) is 1. The van der Waals surface area contributed by atoms with Crippen LogP contribution in [0.4, 0.5) is 10.1 Å². The third-order valence-corrected chi connectivity index (χ3v) is 7.82. The van der Waals surface area contributed by atoms with Gasteiger partial charge in [0, 0.05) is 12.6 Å². The molecule has 9 heteroatoms. The van der Waals surface area contributed by atoms with Crippen molar-refractivity contribution in [2.24, 2.45) is 0 Å². The summed E-state index contributed by atoms with van der Waals surface area (Å²) in [6.07, 6.45) is 0.